The third-order valence-corrected chi connectivity index (χ3v) is 7.60. The average molecular weight is 462 g/mol. The van der Waals surface area contributed by atoms with Crippen molar-refractivity contribution in [2.75, 3.05) is 13.2 Å². The Hall–Kier alpha value is -2.42. The summed E-state index contributed by atoms with van der Waals surface area (Å²) in [5, 5.41) is 9.17. The molecule has 174 valence electrons. The van der Waals surface area contributed by atoms with Gasteiger partial charge in [0.1, 0.15) is 5.60 Å². The number of carbonyl (C=O) groups excluding carboxylic acids is 1. The van der Waals surface area contributed by atoms with Gasteiger partial charge in [-0.2, -0.15) is 0 Å². The van der Waals surface area contributed by atoms with Crippen molar-refractivity contribution >= 4 is 15.9 Å². The van der Waals surface area contributed by atoms with Crippen LogP contribution in [0, 0.1) is 0 Å². The molecular weight excluding hydrogens is 430 g/mol. The topological polar surface area (TPSA) is 93.1 Å². The molecular formula is C24H31NO6S. The molecule has 0 aromatic heterocycles. The molecule has 7 nitrogen and oxygen atoms in total. The van der Waals surface area contributed by atoms with Gasteiger partial charge in [-0.3, -0.25) is 4.90 Å². The van der Waals surface area contributed by atoms with Gasteiger partial charge in [0, 0.05) is 0 Å². The smallest absolute Gasteiger partial charge is 0.410 e. The number of rotatable bonds is 7. The van der Waals surface area contributed by atoms with Crippen LogP contribution in [0.25, 0.3) is 0 Å². The van der Waals surface area contributed by atoms with Gasteiger partial charge in [0.2, 0.25) is 0 Å². The molecule has 1 fully saturated rings. The van der Waals surface area contributed by atoms with Crippen LogP contribution >= 0.6 is 0 Å². The molecule has 2 aromatic carbocycles. The molecule has 32 heavy (non-hydrogen) atoms. The molecule has 3 atom stereocenters. The van der Waals surface area contributed by atoms with Crippen LogP contribution in [0.4, 0.5) is 4.79 Å². The number of hydrogen-bond acceptors (Lipinski definition) is 6. The first-order valence-corrected chi connectivity index (χ1v) is 12.2. The van der Waals surface area contributed by atoms with Crippen molar-refractivity contribution in [2.24, 2.45) is 0 Å². The molecule has 1 amide bonds. The lowest BCUT2D eigenvalue weighted by atomic mass is 10.2. The Kier molecular flexibility index (Phi) is 7.59. The number of hydrogen-bond donors (Lipinski definition) is 1. The Morgan fingerprint density at radius 3 is 2.22 bits per heavy atom. The van der Waals surface area contributed by atoms with Gasteiger partial charge in [0.25, 0.3) is 0 Å². The van der Waals surface area contributed by atoms with E-state index < -0.39 is 45.5 Å². The van der Waals surface area contributed by atoms with Gasteiger partial charge < -0.3 is 14.6 Å². The van der Waals surface area contributed by atoms with E-state index in [1.54, 1.807) is 39.0 Å². The molecule has 0 radical (unpaired) electrons. The van der Waals surface area contributed by atoms with Crippen molar-refractivity contribution in [1.29, 1.82) is 0 Å². The van der Waals surface area contributed by atoms with Crippen molar-refractivity contribution < 1.29 is 27.8 Å². The zero-order chi connectivity index (χ0) is 23.4. The van der Waals surface area contributed by atoms with Gasteiger partial charge >= 0.3 is 6.09 Å². The number of sulfone groups is 1. The van der Waals surface area contributed by atoms with Crippen LogP contribution in [0.5, 0.6) is 0 Å². The van der Waals surface area contributed by atoms with Crippen molar-refractivity contribution in [3.8, 4) is 0 Å². The summed E-state index contributed by atoms with van der Waals surface area (Å²) < 4.78 is 38.1. The number of benzene rings is 2. The summed E-state index contributed by atoms with van der Waals surface area (Å²) in [7, 11) is -3.79. The van der Waals surface area contributed by atoms with Gasteiger partial charge in [-0.25, -0.2) is 13.2 Å². The number of ether oxygens (including phenoxy) is 2. The number of nitrogens with zero attached hydrogens (tertiary/aromatic N) is 1. The monoisotopic (exact) mass is 461 g/mol. The van der Waals surface area contributed by atoms with Crippen LogP contribution in [-0.4, -0.2) is 60.7 Å². The molecule has 0 aliphatic carbocycles. The lowest BCUT2D eigenvalue weighted by Crippen LogP contribution is -2.49. The van der Waals surface area contributed by atoms with E-state index in [0.29, 0.717) is 6.61 Å². The molecule has 3 rings (SSSR count). The fraction of sp³-hybridized carbons (Fsp3) is 0.458. The first kappa shape index (κ1) is 24.2. The summed E-state index contributed by atoms with van der Waals surface area (Å²) in [5.74, 6) is 0. The summed E-state index contributed by atoms with van der Waals surface area (Å²) in [4.78, 5) is 14.5. The lowest BCUT2D eigenvalue weighted by molar-refractivity contribution is -0.00534. The molecule has 8 heteroatoms. The Bertz CT molecular complexity index is 988. The molecule has 0 unspecified atom stereocenters. The molecule has 0 bridgehead atoms. The van der Waals surface area contributed by atoms with Crippen LogP contribution in [0.1, 0.15) is 32.8 Å². The molecule has 1 saturated heterocycles. The van der Waals surface area contributed by atoms with Crippen LogP contribution in [-0.2, 0) is 25.9 Å². The highest BCUT2D eigenvalue weighted by molar-refractivity contribution is 7.92. The maximum Gasteiger partial charge on any atom is 0.410 e. The second kappa shape index (κ2) is 10.0. The van der Waals surface area contributed by atoms with E-state index >= 15 is 0 Å². The predicted octanol–water partition coefficient (Wildman–Crippen LogP) is 3.42. The maximum atomic E-state index is 13.4. The normalized spacial score (nSPS) is 21.5. The fourth-order valence-corrected chi connectivity index (χ4v) is 5.94. The Balaban J connectivity index is 1.85. The summed E-state index contributed by atoms with van der Waals surface area (Å²) in [6, 6.07) is 16.2. The second-order valence-electron chi connectivity index (χ2n) is 8.92. The number of aliphatic hydroxyl groups is 1. The highest BCUT2D eigenvalue weighted by atomic mass is 32.2. The number of likely N-dealkylation sites (tertiary alicyclic amines) is 1. The van der Waals surface area contributed by atoms with Crippen LogP contribution in [0.2, 0.25) is 0 Å². The predicted molar refractivity (Wildman–Crippen MR) is 121 cm³/mol. The van der Waals surface area contributed by atoms with E-state index in [9.17, 15) is 18.3 Å². The molecule has 1 aliphatic rings. The van der Waals surface area contributed by atoms with E-state index in [-0.39, 0.29) is 17.9 Å². The van der Waals surface area contributed by atoms with E-state index in [1.165, 1.54) is 17.0 Å². The quantitative estimate of drug-likeness (QED) is 0.679. The minimum atomic E-state index is -3.79. The minimum Gasteiger partial charge on any atom is -0.444 e. The Labute approximate surface area is 189 Å². The molecule has 1 aliphatic heterocycles. The zero-order valence-electron chi connectivity index (χ0n) is 18.7. The van der Waals surface area contributed by atoms with Crippen molar-refractivity contribution in [1.82, 2.24) is 4.90 Å². The van der Waals surface area contributed by atoms with Crippen LogP contribution in [0.3, 0.4) is 0 Å². The van der Waals surface area contributed by atoms with E-state index in [0.717, 1.165) is 5.56 Å². The van der Waals surface area contributed by atoms with Gasteiger partial charge in [0.15, 0.2) is 9.84 Å². The molecule has 0 spiro atoms. The molecule has 1 heterocycles. The van der Waals surface area contributed by atoms with Crippen LogP contribution < -0.4 is 0 Å². The molecule has 1 N–H and O–H groups in total. The number of carbonyl (C=O) groups is 1. The van der Waals surface area contributed by atoms with Gasteiger partial charge in [-0.1, -0.05) is 48.5 Å². The summed E-state index contributed by atoms with van der Waals surface area (Å²) in [6.45, 7) is 5.20. The van der Waals surface area contributed by atoms with E-state index in [2.05, 4.69) is 0 Å². The minimum absolute atomic E-state index is 0.130. The summed E-state index contributed by atoms with van der Waals surface area (Å²) in [5.41, 5.74) is 0.213. The summed E-state index contributed by atoms with van der Waals surface area (Å²) in [6.07, 6.45) is -0.508. The van der Waals surface area contributed by atoms with Gasteiger partial charge in [-0.15, -0.1) is 0 Å². The molecule has 0 saturated carbocycles. The van der Waals surface area contributed by atoms with Crippen molar-refractivity contribution in [3.63, 3.8) is 0 Å². The zero-order valence-corrected chi connectivity index (χ0v) is 19.5. The molecule has 2 aromatic rings. The third-order valence-electron chi connectivity index (χ3n) is 5.37. The standard InChI is InChI=1S/C24H31NO6S/c1-24(2,3)31-23(27)25-19(17-30-16-18-10-6-4-7-11-18)14-22(21(25)15-26)32(28,29)20-12-8-5-9-13-20/h4-13,19,21-22,26H,14-17H2,1-3H3/t19-,21+,22-/m0/s1. The van der Waals surface area contributed by atoms with Crippen LogP contribution in [0.15, 0.2) is 65.6 Å². The SMILES string of the molecule is CC(C)(C)OC(=O)N1[C@H](COCc2ccccc2)C[C@H](S(=O)(=O)c2ccccc2)[C@H]1CO. The largest absolute Gasteiger partial charge is 0.444 e. The Morgan fingerprint density at radius 2 is 1.66 bits per heavy atom. The summed E-state index contributed by atoms with van der Waals surface area (Å²) >= 11 is 0. The average Bonchev–Trinajstić information content (AvgIpc) is 3.13. The van der Waals surface area contributed by atoms with E-state index in [1.807, 2.05) is 30.3 Å². The Morgan fingerprint density at radius 1 is 1.06 bits per heavy atom. The highest BCUT2D eigenvalue weighted by Crippen LogP contribution is 2.34. The first-order chi connectivity index (χ1) is 15.1. The maximum absolute atomic E-state index is 13.4. The van der Waals surface area contributed by atoms with E-state index in [4.69, 9.17) is 9.47 Å². The highest BCUT2D eigenvalue weighted by Gasteiger charge is 2.50. The fourth-order valence-electron chi connectivity index (χ4n) is 3.95. The second-order valence-corrected chi connectivity index (χ2v) is 11.1. The third kappa shape index (κ3) is 5.68. The lowest BCUT2D eigenvalue weighted by Gasteiger charge is -2.32. The van der Waals surface area contributed by atoms with Crippen molar-refractivity contribution in [3.05, 3.63) is 66.2 Å². The first-order valence-electron chi connectivity index (χ1n) is 10.7. The van der Waals surface area contributed by atoms with Crippen molar-refractivity contribution in [2.45, 2.75) is 61.6 Å². The number of aliphatic hydroxyl groups excluding tert-OH is 1. The van der Waals surface area contributed by atoms with Gasteiger partial charge in [0.05, 0.1) is 42.0 Å². The number of amides is 1. The van der Waals surface area contributed by atoms with Gasteiger partial charge in [-0.05, 0) is 44.9 Å².